The molecule has 1 aromatic rings. The Balaban J connectivity index is 1.80. The second-order valence-electron chi connectivity index (χ2n) is 5.78. The summed E-state index contributed by atoms with van der Waals surface area (Å²) in [6.07, 6.45) is 4.83. The fourth-order valence-corrected chi connectivity index (χ4v) is 2.83. The number of anilines is 1. The van der Waals surface area contributed by atoms with Crippen LogP contribution < -0.4 is 5.32 Å². The maximum atomic E-state index is 11.0. The van der Waals surface area contributed by atoms with Gasteiger partial charge in [0.2, 0.25) is 0 Å². The van der Waals surface area contributed by atoms with Crippen LogP contribution in [0.1, 0.15) is 36.0 Å². The van der Waals surface area contributed by atoms with E-state index in [-0.39, 0.29) is 11.3 Å². The van der Waals surface area contributed by atoms with Crippen LogP contribution in [0.3, 0.4) is 0 Å². The average molecular weight is 276 g/mol. The third-order valence-electron chi connectivity index (χ3n) is 4.41. The first-order chi connectivity index (χ1) is 9.52. The number of rotatable bonds is 6. The Morgan fingerprint density at radius 3 is 2.65 bits per heavy atom. The molecule has 0 amide bonds. The zero-order valence-corrected chi connectivity index (χ0v) is 11.0. The van der Waals surface area contributed by atoms with Crippen LogP contribution >= 0.6 is 0 Å². The van der Waals surface area contributed by atoms with Crippen LogP contribution in [0.4, 0.5) is 11.4 Å². The molecule has 0 atom stereocenters. The van der Waals surface area contributed by atoms with Gasteiger partial charge in [-0.2, -0.15) is 0 Å². The molecule has 0 aliphatic heterocycles. The largest absolute Gasteiger partial charge is 0.478 e. The lowest BCUT2D eigenvalue weighted by Crippen LogP contribution is -2.18. The maximum absolute atomic E-state index is 11.0. The third-order valence-corrected chi connectivity index (χ3v) is 4.41. The standard InChI is InChI=1S/C14H16N2O4/c17-13(18)9-1-4-12(16(19)20)11(7-9)15-8-14(5-6-14)10-2-3-10/h1,4,7,10,15H,2-3,5-6,8H2,(H,17,18). The fraction of sp³-hybridized carbons (Fsp3) is 0.500. The summed E-state index contributed by atoms with van der Waals surface area (Å²) in [5.41, 5.74) is 0.602. The van der Waals surface area contributed by atoms with Gasteiger partial charge >= 0.3 is 5.97 Å². The first-order valence-electron chi connectivity index (χ1n) is 6.77. The number of carboxylic acids is 1. The summed E-state index contributed by atoms with van der Waals surface area (Å²) in [6, 6.07) is 3.87. The Labute approximate surface area is 115 Å². The Kier molecular flexibility index (Phi) is 2.88. The van der Waals surface area contributed by atoms with Gasteiger partial charge in [0.15, 0.2) is 0 Å². The normalized spacial score (nSPS) is 19.4. The highest BCUT2D eigenvalue weighted by molar-refractivity contribution is 5.90. The highest BCUT2D eigenvalue weighted by Gasteiger charge is 2.53. The van der Waals surface area contributed by atoms with Crippen molar-refractivity contribution in [2.45, 2.75) is 25.7 Å². The van der Waals surface area contributed by atoms with Gasteiger partial charge in [-0.3, -0.25) is 10.1 Å². The van der Waals surface area contributed by atoms with E-state index in [9.17, 15) is 14.9 Å². The molecule has 20 heavy (non-hydrogen) atoms. The molecule has 0 heterocycles. The lowest BCUT2D eigenvalue weighted by Gasteiger charge is -2.16. The molecule has 2 aliphatic carbocycles. The number of aromatic carboxylic acids is 1. The van der Waals surface area contributed by atoms with Crippen molar-refractivity contribution >= 4 is 17.3 Å². The summed E-state index contributed by atoms with van der Waals surface area (Å²) < 4.78 is 0. The molecule has 3 rings (SSSR count). The molecule has 106 valence electrons. The number of hydrogen-bond acceptors (Lipinski definition) is 4. The van der Waals surface area contributed by atoms with Crippen molar-refractivity contribution in [1.82, 2.24) is 0 Å². The van der Waals surface area contributed by atoms with E-state index in [4.69, 9.17) is 5.11 Å². The van der Waals surface area contributed by atoms with Crippen molar-refractivity contribution in [3.05, 3.63) is 33.9 Å². The molecule has 2 fully saturated rings. The molecule has 0 unspecified atom stereocenters. The average Bonchev–Trinajstić information content (AvgIpc) is 3.27. The monoisotopic (exact) mass is 276 g/mol. The second-order valence-corrected chi connectivity index (χ2v) is 5.78. The number of carbonyl (C=O) groups is 1. The highest BCUT2D eigenvalue weighted by atomic mass is 16.6. The summed E-state index contributed by atoms with van der Waals surface area (Å²) in [7, 11) is 0. The minimum absolute atomic E-state index is 0.0642. The van der Waals surface area contributed by atoms with Gasteiger partial charge in [-0.25, -0.2) is 4.79 Å². The van der Waals surface area contributed by atoms with E-state index in [0.29, 0.717) is 17.6 Å². The van der Waals surface area contributed by atoms with E-state index in [1.807, 2.05) is 0 Å². The van der Waals surface area contributed by atoms with Gasteiger partial charge in [-0.1, -0.05) is 0 Å². The van der Waals surface area contributed by atoms with Gasteiger partial charge in [0.25, 0.3) is 5.69 Å². The molecule has 1 aromatic carbocycles. The van der Waals surface area contributed by atoms with Crippen molar-refractivity contribution in [3.63, 3.8) is 0 Å². The number of nitrogens with zero attached hydrogens (tertiary/aromatic N) is 1. The molecule has 6 nitrogen and oxygen atoms in total. The predicted molar refractivity (Wildman–Crippen MR) is 72.9 cm³/mol. The second kappa shape index (κ2) is 4.47. The topological polar surface area (TPSA) is 92.5 Å². The van der Waals surface area contributed by atoms with Gasteiger partial charge in [0.1, 0.15) is 5.69 Å². The summed E-state index contributed by atoms with van der Waals surface area (Å²) in [6.45, 7) is 0.696. The Morgan fingerprint density at radius 1 is 1.45 bits per heavy atom. The molecular formula is C14H16N2O4. The van der Waals surface area contributed by atoms with E-state index in [1.165, 1.54) is 31.0 Å². The molecule has 2 saturated carbocycles. The van der Waals surface area contributed by atoms with Gasteiger partial charge in [-0.15, -0.1) is 0 Å². The number of nitrogens with one attached hydrogen (secondary N) is 1. The van der Waals surface area contributed by atoms with Crippen LogP contribution in [0.15, 0.2) is 18.2 Å². The molecule has 6 heteroatoms. The summed E-state index contributed by atoms with van der Waals surface area (Å²) in [5.74, 6) is -0.331. The van der Waals surface area contributed by atoms with E-state index >= 15 is 0 Å². The van der Waals surface area contributed by atoms with Gasteiger partial charge in [-0.05, 0) is 49.1 Å². The number of hydrogen-bond donors (Lipinski definition) is 2. The molecular weight excluding hydrogens is 260 g/mol. The number of benzene rings is 1. The number of nitro benzene ring substituents is 1. The van der Waals surface area contributed by atoms with Gasteiger partial charge < -0.3 is 10.4 Å². The zero-order valence-electron chi connectivity index (χ0n) is 11.0. The van der Waals surface area contributed by atoms with Crippen LogP contribution in [0.5, 0.6) is 0 Å². The van der Waals surface area contributed by atoms with Gasteiger partial charge in [0, 0.05) is 12.6 Å². The van der Waals surface area contributed by atoms with Crippen molar-refractivity contribution < 1.29 is 14.8 Å². The molecule has 0 saturated heterocycles. The van der Waals surface area contributed by atoms with Crippen LogP contribution in [0.25, 0.3) is 0 Å². The third kappa shape index (κ3) is 2.33. The van der Waals surface area contributed by atoms with E-state index in [2.05, 4.69) is 5.32 Å². The first-order valence-corrected chi connectivity index (χ1v) is 6.77. The molecule has 2 aliphatic rings. The minimum atomic E-state index is -1.08. The highest BCUT2D eigenvalue weighted by Crippen LogP contribution is 2.61. The zero-order chi connectivity index (χ0) is 14.3. The predicted octanol–water partition coefficient (Wildman–Crippen LogP) is 2.90. The minimum Gasteiger partial charge on any atom is -0.478 e. The van der Waals surface area contributed by atoms with Crippen LogP contribution in [-0.4, -0.2) is 22.5 Å². The van der Waals surface area contributed by atoms with Crippen molar-refractivity contribution in [1.29, 1.82) is 0 Å². The number of nitro groups is 1. The van der Waals surface area contributed by atoms with E-state index in [1.54, 1.807) is 0 Å². The van der Waals surface area contributed by atoms with Crippen LogP contribution in [-0.2, 0) is 0 Å². The van der Waals surface area contributed by atoms with E-state index < -0.39 is 10.9 Å². The number of carboxylic acid groups (broad SMARTS) is 1. The SMILES string of the molecule is O=C(O)c1ccc([N+](=O)[O-])c(NCC2(C3CC3)CC2)c1. The Morgan fingerprint density at radius 2 is 2.15 bits per heavy atom. The van der Waals surface area contributed by atoms with E-state index in [0.717, 1.165) is 18.8 Å². The first kappa shape index (κ1) is 12.9. The fourth-order valence-electron chi connectivity index (χ4n) is 2.83. The van der Waals surface area contributed by atoms with Crippen LogP contribution in [0.2, 0.25) is 0 Å². The van der Waals surface area contributed by atoms with Crippen molar-refractivity contribution in [2.75, 3.05) is 11.9 Å². The molecule has 2 N–H and O–H groups in total. The van der Waals surface area contributed by atoms with Gasteiger partial charge in [0.05, 0.1) is 10.5 Å². The summed E-state index contributed by atoms with van der Waals surface area (Å²) in [5, 5.41) is 23.1. The van der Waals surface area contributed by atoms with Crippen LogP contribution in [0, 0.1) is 21.4 Å². The van der Waals surface area contributed by atoms with Crippen molar-refractivity contribution in [2.24, 2.45) is 11.3 Å². The summed E-state index contributed by atoms with van der Waals surface area (Å²) >= 11 is 0. The lowest BCUT2D eigenvalue weighted by molar-refractivity contribution is -0.384. The molecule has 0 aromatic heterocycles. The smallest absolute Gasteiger partial charge is 0.335 e. The molecule has 0 bridgehead atoms. The quantitative estimate of drug-likeness (QED) is 0.615. The molecule has 0 spiro atoms. The molecule has 0 radical (unpaired) electrons. The lowest BCUT2D eigenvalue weighted by atomic mass is 10.0. The maximum Gasteiger partial charge on any atom is 0.335 e. The Hall–Kier alpha value is -2.11. The summed E-state index contributed by atoms with van der Waals surface area (Å²) in [4.78, 5) is 21.5. The van der Waals surface area contributed by atoms with Crippen molar-refractivity contribution in [3.8, 4) is 0 Å². The Bertz CT molecular complexity index is 577.